The lowest BCUT2D eigenvalue weighted by molar-refractivity contribution is -0.119. The standard InChI is InChI=1S/C19H22N2O4/c1-24-17-6-4-3-5-14(17)11-12-20-18(22)13-21-16-9-7-15(8-10-16)19(23)25-2/h3-10,21H,11-13H2,1-2H3,(H,20,22). The molecule has 0 spiro atoms. The van der Waals surface area contributed by atoms with Crippen molar-refractivity contribution in [1.82, 2.24) is 5.32 Å². The zero-order valence-corrected chi connectivity index (χ0v) is 14.4. The minimum Gasteiger partial charge on any atom is -0.496 e. The number of hydrogen-bond acceptors (Lipinski definition) is 5. The zero-order chi connectivity index (χ0) is 18.1. The Morgan fingerprint density at radius 3 is 2.40 bits per heavy atom. The van der Waals surface area contributed by atoms with Crippen molar-refractivity contribution in [2.24, 2.45) is 0 Å². The van der Waals surface area contributed by atoms with E-state index in [1.807, 2.05) is 24.3 Å². The number of para-hydroxylation sites is 1. The number of anilines is 1. The molecule has 0 fully saturated rings. The van der Waals surface area contributed by atoms with Crippen LogP contribution in [0.1, 0.15) is 15.9 Å². The molecule has 2 N–H and O–H groups in total. The number of carbonyl (C=O) groups excluding carboxylic acids is 2. The average molecular weight is 342 g/mol. The van der Waals surface area contributed by atoms with E-state index in [0.29, 0.717) is 18.5 Å². The Morgan fingerprint density at radius 1 is 1.00 bits per heavy atom. The Balaban J connectivity index is 1.74. The van der Waals surface area contributed by atoms with Crippen molar-refractivity contribution in [3.05, 3.63) is 59.7 Å². The predicted octanol–water partition coefficient (Wildman–Crippen LogP) is 2.25. The summed E-state index contributed by atoms with van der Waals surface area (Å²) in [5.74, 6) is 0.327. The van der Waals surface area contributed by atoms with Crippen LogP contribution >= 0.6 is 0 Å². The third-order valence-electron chi connectivity index (χ3n) is 3.67. The summed E-state index contributed by atoms with van der Waals surface area (Å²) in [5.41, 5.74) is 2.28. The van der Waals surface area contributed by atoms with Gasteiger partial charge in [-0.1, -0.05) is 18.2 Å². The van der Waals surface area contributed by atoms with E-state index in [4.69, 9.17) is 4.74 Å². The number of esters is 1. The second-order valence-corrected chi connectivity index (χ2v) is 5.33. The van der Waals surface area contributed by atoms with Crippen molar-refractivity contribution in [1.29, 1.82) is 0 Å². The van der Waals surface area contributed by atoms with Crippen LogP contribution in [0.3, 0.4) is 0 Å². The highest BCUT2D eigenvalue weighted by molar-refractivity contribution is 5.89. The number of methoxy groups -OCH3 is 2. The fraction of sp³-hybridized carbons (Fsp3) is 0.263. The number of ether oxygens (including phenoxy) is 2. The van der Waals surface area contributed by atoms with Crippen molar-refractivity contribution in [3.63, 3.8) is 0 Å². The molecule has 6 heteroatoms. The maximum absolute atomic E-state index is 11.9. The van der Waals surface area contributed by atoms with E-state index in [0.717, 1.165) is 17.0 Å². The van der Waals surface area contributed by atoms with Gasteiger partial charge in [0.15, 0.2) is 0 Å². The normalized spacial score (nSPS) is 10.0. The molecule has 0 unspecified atom stereocenters. The second-order valence-electron chi connectivity index (χ2n) is 5.33. The van der Waals surface area contributed by atoms with Crippen LogP contribution in [0.5, 0.6) is 5.75 Å². The maximum Gasteiger partial charge on any atom is 0.337 e. The molecule has 2 aromatic carbocycles. The highest BCUT2D eigenvalue weighted by Crippen LogP contribution is 2.17. The van der Waals surface area contributed by atoms with E-state index in [-0.39, 0.29) is 18.4 Å². The largest absolute Gasteiger partial charge is 0.496 e. The summed E-state index contributed by atoms with van der Waals surface area (Å²) in [7, 11) is 2.97. The van der Waals surface area contributed by atoms with Gasteiger partial charge in [0, 0.05) is 12.2 Å². The quantitative estimate of drug-likeness (QED) is 0.720. The van der Waals surface area contributed by atoms with Crippen molar-refractivity contribution < 1.29 is 19.1 Å². The average Bonchev–Trinajstić information content (AvgIpc) is 2.66. The van der Waals surface area contributed by atoms with E-state index in [1.54, 1.807) is 31.4 Å². The molecule has 0 aliphatic carbocycles. The van der Waals surface area contributed by atoms with Crippen LogP contribution in [0.25, 0.3) is 0 Å². The lowest BCUT2D eigenvalue weighted by Gasteiger charge is -2.10. The number of carbonyl (C=O) groups is 2. The summed E-state index contributed by atoms with van der Waals surface area (Å²) >= 11 is 0. The Morgan fingerprint density at radius 2 is 1.72 bits per heavy atom. The molecule has 6 nitrogen and oxygen atoms in total. The first-order valence-electron chi connectivity index (χ1n) is 7.95. The smallest absolute Gasteiger partial charge is 0.337 e. The number of hydrogen-bond donors (Lipinski definition) is 2. The van der Waals surface area contributed by atoms with Gasteiger partial charge in [0.05, 0.1) is 26.3 Å². The Bertz CT molecular complexity index is 714. The molecule has 1 amide bonds. The van der Waals surface area contributed by atoms with E-state index >= 15 is 0 Å². The van der Waals surface area contributed by atoms with Crippen molar-refractivity contribution in [2.75, 3.05) is 32.6 Å². The number of amides is 1. The number of benzene rings is 2. The minimum absolute atomic E-state index is 0.105. The molecular formula is C19H22N2O4. The summed E-state index contributed by atoms with van der Waals surface area (Å²) in [4.78, 5) is 23.3. The maximum atomic E-state index is 11.9. The molecule has 0 aromatic heterocycles. The summed E-state index contributed by atoms with van der Waals surface area (Å²) < 4.78 is 9.92. The van der Waals surface area contributed by atoms with E-state index < -0.39 is 0 Å². The van der Waals surface area contributed by atoms with Crippen LogP contribution in [-0.2, 0) is 16.0 Å². The van der Waals surface area contributed by atoms with Crippen molar-refractivity contribution >= 4 is 17.6 Å². The lowest BCUT2D eigenvalue weighted by Crippen LogP contribution is -2.31. The highest BCUT2D eigenvalue weighted by Gasteiger charge is 2.06. The molecule has 0 aliphatic rings. The lowest BCUT2D eigenvalue weighted by atomic mass is 10.1. The van der Waals surface area contributed by atoms with Gasteiger partial charge in [-0.3, -0.25) is 4.79 Å². The molecule has 25 heavy (non-hydrogen) atoms. The molecule has 0 atom stereocenters. The molecule has 0 saturated heterocycles. The molecule has 0 aliphatic heterocycles. The third kappa shape index (κ3) is 5.53. The van der Waals surface area contributed by atoms with Crippen molar-refractivity contribution in [3.8, 4) is 5.75 Å². The third-order valence-corrected chi connectivity index (χ3v) is 3.67. The molecule has 0 radical (unpaired) electrons. The van der Waals surface area contributed by atoms with Gasteiger partial charge >= 0.3 is 5.97 Å². The van der Waals surface area contributed by atoms with Crippen LogP contribution < -0.4 is 15.4 Å². The second kappa shape index (κ2) is 9.32. The number of nitrogens with one attached hydrogen (secondary N) is 2. The van der Waals surface area contributed by atoms with Crippen LogP contribution in [0.4, 0.5) is 5.69 Å². The first-order chi connectivity index (χ1) is 12.1. The SMILES string of the molecule is COC(=O)c1ccc(NCC(=O)NCCc2ccccc2OC)cc1. The molecule has 0 saturated carbocycles. The van der Waals surface area contributed by atoms with Gasteiger partial charge in [-0.25, -0.2) is 4.79 Å². The first-order valence-corrected chi connectivity index (χ1v) is 7.95. The minimum atomic E-state index is -0.388. The summed E-state index contributed by atoms with van der Waals surface area (Å²) in [6.07, 6.45) is 0.698. The van der Waals surface area contributed by atoms with Gasteiger partial charge in [0.2, 0.25) is 5.91 Å². The topological polar surface area (TPSA) is 76.7 Å². The molecule has 2 rings (SSSR count). The van der Waals surface area contributed by atoms with Gasteiger partial charge in [0.25, 0.3) is 0 Å². The Labute approximate surface area is 147 Å². The van der Waals surface area contributed by atoms with Crippen molar-refractivity contribution in [2.45, 2.75) is 6.42 Å². The van der Waals surface area contributed by atoms with Crippen LogP contribution in [-0.4, -0.2) is 39.2 Å². The molecule has 0 bridgehead atoms. The molecule has 132 valence electrons. The van der Waals surface area contributed by atoms with Crippen LogP contribution in [0.15, 0.2) is 48.5 Å². The van der Waals surface area contributed by atoms with Gasteiger partial charge in [-0.15, -0.1) is 0 Å². The van der Waals surface area contributed by atoms with Gasteiger partial charge < -0.3 is 20.1 Å². The fourth-order valence-corrected chi connectivity index (χ4v) is 2.33. The first kappa shape index (κ1) is 18.3. The van der Waals surface area contributed by atoms with E-state index in [9.17, 15) is 9.59 Å². The zero-order valence-electron chi connectivity index (χ0n) is 14.4. The van der Waals surface area contributed by atoms with E-state index in [1.165, 1.54) is 7.11 Å². The highest BCUT2D eigenvalue weighted by atomic mass is 16.5. The molecular weight excluding hydrogens is 320 g/mol. The number of rotatable bonds is 8. The molecule has 0 heterocycles. The van der Waals surface area contributed by atoms with Crippen LogP contribution in [0, 0.1) is 0 Å². The monoisotopic (exact) mass is 342 g/mol. The summed E-state index contributed by atoms with van der Waals surface area (Å²) in [6.45, 7) is 0.686. The van der Waals surface area contributed by atoms with Gasteiger partial charge in [-0.05, 0) is 42.3 Å². The Hall–Kier alpha value is -3.02. The fourth-order valence-electron chi connectivity index (χ4n) is 2.33. The van der Waals surface area contributed by atoms with Crippen LogP contribution in [0.2, 0.25) is 0 Å². The summed E-state index contributed by atoms with van der Waals surface area (Å²) in [5, 5.41) is 5.87. The van der Waals surface area contributed by atoms with E-state index in [2.05, 4.69) is 15.4 Å². The molecule has 2 aromatic rings. The van der Waals surface area contributed by atoms with Gasteiger partial charge in [0.1, 0.15) is 5.75 Å². The summed E-state index contributed by atoms with van der Waals surface area (Å²) in [6, 6.07) is 14.5. The van der Waals surface area contributed by atoms with Gasteiger partial charge in [-0.2, -0.15) is 0 Å². The Kier molecular flexibility index (Phi) is 6.83. The predicted molar refractivity (Wildman–Crippen MR) is 96.0 cm³/mol.